The van der Waals surface area contributed by atoms with Crippen LogP contribution in [0.5, 0.6) is 5.75 Å². The van der Waals surface area contributed by atoms with Gasteiger partial charge in [-0.3, -0.25) is 5.32 Å². The Morgan fingerprint density at radius 2 is 1.89 bits per heavy atom. The van der Waals surface area contributed by atoms with Crippen molar-refractivity contribution in [2.75, 3.05) is 12.4 Å². The van der Waals surface area contributed by atoms with E-state index < -0.39 is 11.7 Å². The van der Waals surface area contributed by atoms with Crippen LogP contribution in [0, 0.1) is 13.8 Å². The molecule has 0 aliphatic carbocycles. The zero-order valence-electron chi connectivity index (χ0n) is 12.2. The van der Waals surface area contributed by atoms with E-state index in [-0.39, 0.29) is 0 Å². The Labute approximate surface area is 122 Å². The van der Waals surface area contributed by atoms with E-state index in [2.05, 4.69) is 21.2 Å². The van der Waals surface area contributed by atoms with Crippen molar-refractivity contribution < 1.29 is 14.3 Å². The number of ether oxygens (including phenoxy) is 2. The summed E-state index contributed by atoms with van der Waals surface area (Å²) in [4.78, 5) is 11.9. The lowest BCUT2D eigenvalue weighted by Crippen LogP contribution is -2.27. The lowest BCUT2D eigenvalue weighted by atomic mass is 10.1. The Balaban J connectivity index is 3.10. The molecular weight excluding hydrogens is 310 g/mol. The molecule has 4 nitrogen and oxygen atoms in total. The number of rotatable bonds is 2. The molecule has 1 rings (SSSR count). The molecule has 1 aromatic rings. The SMILES string of the molecule is COc1c(C)cc(Br)c(C)c1NC(=O)OC(C)(C)C. The van der Waals surface area contributed by atoms with Gasteiger partial charge in [-0.15, -0.1) is 0 Å². The van der Waals surface area contributed by atoms with Crippen LogP contribution in [0.25, 0.3) is 0 Å². The molecule has 0 bridgehead atoms. The molecule has 19 heavy (non-hydrogen) atoms. The number of carbonyl (C=O) groups excluding carboxylic acids is 1. The third kappa shape index (κ3) is 4.13. The second-order valence-corrected chi connectivity index (χ2v) is 6.19. The quantitative estimate of drug-likeness (QED) is 0.873. The van der Waals surface area contributed by atoms with Crippen LogP contribution >= 0.6 is 15.9 Å². The van der Waals surface area contributed by atoms with Crippen LogP contribution in [0.2, 0.25) is 0 Å². The predicted octanol–water partition coefficient (Wildman–Crippen LogP) is 4.42. The second-order valence-electron chi connectivity index (χ2n) is 5.34. The number of hydrogen-bond acceptors (Lipinski definition) is 3. The number of nitrogens with one attached hydrogen (secondary N) is 1. The predicted molar refractivity (Wildman–Crippen MR) is 80.0 cm³/mol. The fourth-order valence-electron chi connectivity index (χ4n) is 1.67. The van der Waals surface area contributed by atoms with E-state index in [4.69, 9.17) is 9.47 Å². The van der Waals surface area contributed by atoms with Gasteiger partial charge in [0.1, 0.15) is 11.4 Å². The van der Waals surface area contributed by atoms with Gasteiger partial charge >= 0.3 is 6.09 Å². The average molecular weight is 330 g/mol. The smallest absolute Gasteiger partial charge is 0.412 e. The fourth-order valence-corrected chi connectivity index (χ4v) is 2.21. The molecule has 106 valence electrons. The van der Waals surface area contributed by atoms with Gasteiger partial charge in [0.05, 0.1) is 12.8 Å². The average Bonchev–Trinajstić information content (AvgIpc) is 2.23. The van der Waals surface area contributed by atoms with Crippen molar-refractivity contribution in [3.8, 4) is 5.75 Å². The highest BCUT2D eigenvalue weighted by atomic mass is 79.9. The Morgan fingerprint density at radius 3 is 2.37 bits per heavy atom. The number of hydrogen-bond donors (Lipinski definition) is 1. The molecule has 0 unspecified atom stereocenters. The maximum absolute atomic E-state index is 11.9. The van der Waals surface area contributed by atoms with Crippen LogP contribution < -0.4 is 10.1 Å². The molecule has 1 N–H and O–H groups in total. The van der Waals surface area contributed by atoms with Gasteiger partial charge in [-0.1, -0.05) is 15.9 Å². The number of halogens is 1. The Morgan fingerprint density at radius 1 is 1.32 bits per heavy atom. The molecule has 0 aliphatic heterocycles. The number of amides is 1. The molecule has 5 heteroatoms. The molecule has 0 radical (unpaired) electrons. The van der Waals surface area contributed by atoms with Crippen molar-refractivity contribution in [1.29, 1.82) is 0 Å². The number of benzene rings is 1. The van der Waals surface area contributed by atoms with Gasteiger partial charge in [-0.05, 0) is 51.8 Å². The minimum Gasteiger partial charge on any atom is -0.494 e. The summed E-state index contributed by atoms with van der Waals surface area (Å²) in [5, 5.41) is 2.75. The van der Waals surface area contributed by atoms with E-state index in [1.807, 2.05) is 40.7 Å². The summed E-state index contributed by atoms with van der Waals surface area (Å²) in [6.45, 7) is 9.29. The molecule has 0 spiro atoms. The summed E-state index contributed by atoms with van der Waals surface area (Å²) >= 11 is 3.46. The standard InChI is InChI=1S/C14H20BrNO3/c1-8-7-10(15)9(2)11(12(8)18-6)16-13(17)19-14(3,4)5/h7H,1-6H3,(H,16,17). The molecule has 0 aromatic heterocycles. The number of carbonyl (C=O) groups is 1. The number of aryl methyl sites for hydroxylation is 1. The maximum atomic E-state index is 11.9. The van der Waals surface area contributed by atoms with E-state index in [1.165, 1.54) is 0 Å². The van der Waals surface area contributed by atoms with Crippen molar-refractivity contribution in [1.82, 2.24) is 0 Å². The van der Waals surface area contributed by atoms with Gasteiger partial charge < -0.3 is 9.47 Å². The maximum Gasteiger partial charge on any atom is 0.412 e. The van der Waals surface area contributed by atoms with Gasteiger partial charge in [0.25, 0.3) is 0 Å². The van der Waals surface area contributed by atoms with E-state index >= 15 is 0 Å². The van der Waals surface area contributed by atoms with Gasteiger partial charge in [-0.2, -0.15) is 0 Å². The largest absolute Gasteiger partial charge is 0.494 e. The van der Waals surface area contributed by atoms with Gasteiger partial charge in [0, 0.05) is 4.47 Å². The van der Waals surface area contributed by atoms with E-state index in [9.17, 15) is 4.79 Å². The lowest BCUT2D eigenvalue weighted by Gasteiger charge is -2.22. The Bertz CT molecular complexity index is 492. The zero-order chi connectivity index (χ0) is 14.8. The third-order valence-electron chi connectivity index (χ3n) is 2.49. The van der Waals surface area contributed by atoms with Crippen LogP contribution in [0.15, 0.2) is 10.5 Å². The first-order valence-electron chi connectivity index (χ1n) is 5.99. The summed E-state index contributed by atoms with van der Waals surface area (Å²) < 4.78 is 11.5. The summed E-state index contributed by atoms with van der Waals surface area (Å²) in [5.74, 6) is 0.645. The minimum absolute atomic E-state index is 0.494. The van der Waals surface area contributed by atoms with Crippen LogP contribution in [0.4, 0.5) is 10.5 Å². The van der Waals surface area contributed by atoms with E-state index in [1.54, 1.807) is 7.11 Å². The number of methoxy groups -OCH3 is 1. The highest BCUT2D eigenvalue weighted by Gasteiger charge is 2.20. The molecule has 0 saturated heterocycles. The first-order chi connectivity index (χ1) is 8.65. The normalized spacial score (nSPS) is 11.1. The van der Waals surface area contributed by atoms with E-state index in [0.717, 1.165) is 15.6 Å². The van der Waals surface area contributed by atoms with Gasteiger partial charge in [-0.25, -0.2) is 4.79 Å². The van der Waals surface area contributed by atoms with Gasteiger partial charge in [0.15, 0.2) is 0 Å². The Kier molecular flexibility index (Phi) is 4.85. The summed E-state index contributed by atoms with van der Waals surface area (Å²) in [5.41, 5.74) is 1.93. The Hall–Kier alpha value is -1.23. The lowest BCUT2D eigenvalue weighted by molar-refractivity contribution is 0.0635. The molecule has 0 atom stereocenters. The minimum atomic E-state index is -0.535. The second kappa shape index (κ2) is 5.82. The first-order valence-corrected chi connectivity index (χ1v) is 6.78. The number of anilines is 1. The first kappa shape index (κ1) is 15.8. The topological polar surface area (TPSA) is 47.6 Å². The van der Waals surface area contributed by atoms with Crippen LogP contribution in [-0.4, -0.2) is 18.8 Å². The summed E-state index contributed by atoms with van der Waals surface area (Å²) in [6, 6.07) is 1.95. The summed E-state index contributed by atoms with van der Waals surface area (Å²) in [7, 11) is 1.58. The monoisotopic (exact) mass is 329 g/mol. The van der Waals surface area contributed by atoms with Crippen molar-refractivity contribution >= 4 is 27.7 Å². The third-order valence-corrected chi connectivity index (χ3v) is 3.32. The highest BCUT2D eigenvalue weighted by molar-refractivity contribution is 9.10. The molecule has 0 aliphatic rings. The zero-order valence-corrected chi connectivity index (χ0v) is 13.8. The van der Waals surface area contributed by atoms with Crippen LogP contribution in [0.3, 0.4) is 0 Å². The molecule has 0 fully saturated rings. The van der Waals surface area contributed by atoms with Gasteiger partial charge in [0.2, 0.25) is 0 Å². The van der Waals surface area contributed by atoms with Crippen LogP contribution in [-0.2, 0) is 4.74 Å². The molecule has 1 amide bonds. The van der Waals surface area contributed by atoms with Crippen molar-refractivity contribution in [3.05, 3.63) is 21.7 Å². The summed E-state index contributed by atoms with van der Waals surface area (Å²) in [6.07, 6.45) is -0.494. The van der Waals surface area contributed by atoms with Crippen molar-refractivity contribution in [3.63, 3.8) is 0 Å². The van der Waals surface area contributed by atoms with Crippen LogP contribution in [0.1, 0.15) is 31.9 Å². The highest BCUT2D eigenvalue weighted by Crippen LogP contribution is 2.36. The van der Waals surface area contributed by atoms with E-state index in [0.29, 0.717) is 11.4 Å². The molecule has 0 heterocycles. The van der Waals surface area contributed by atoms with Crippen molar-refractivity contribution in [2.45, 2.75) is 40.2 Å². The molecular formula is C14H20BrNO3. The molecule has 1 aromatic carbocycles. The fraction of sp³-hybridized carbons (Fsp3) is 0.500. The van der Waals surface area contributed by atoms with Crippen molar-refractivity contribution in [2.24, 2.45) is 0 Å². The molecule has 0 saturated carbocycles.